The fourth-order valence-corrected chi connectivity index (χ4v) is 4.47. The first-order chi connectivity index (χ1) is 15.6. The van der Waals surface area contributed by atoms with Crippen LogP contribution in [0.4, 0.5) is 10.5 Å². The molecule has 2 aliphatic rings. The predicted octanol–water partition coefficient (Wildman–Crippen LogP) is 3.98. The Kier molecular flexibility index (Phi) is 7.90. The number of halogens is 1. The van der Waals surface area contributed by atoms with Crippen molar-refractivity contribution >= 4 is 23.3 Å². The molecule has 172 valence electrons. The number of piperidine rings is 1. The number of anilines is 1. The number of benzene rings is 2. The Hall–Kier alpha value is -2.28. The van der Waals surface area contributed by atoms with Crippen LogP contribution in [-0.4, -0.2) is 68.3 Å². The number of ether oxygens (including phenoxy) is 1. The molecule has 0 unspecified atom stereocenters. The van der Waals surface area contributed by atoms with E-state index >= 15 is 0 Å². The number of carbonyl (C=O) groups excluding carboxylic acids is 1. The lowest BCUT2D eigenvalue weighted by molar-refractivity contribution is 0.122. The Balaban J connectivity index is 1.19. The van der Waals surface area contributed by atoms with Gasteiger partial charge in [-0.1, -0.05) is 35.9 Å². The first-order valence-corrected chi connectivity index (χ1v) is 11.8. The van der Waals surface area contributed by atoms with E-state index in [1.807, 2.05) is 19.2 Å². The minimum Gasteiger partial charge on any atom is -0.378 e. The van der Waals surface area contributed by atoms with Crippen LogP contribution < -0.4 is 10.2 Å². The topological polar surface area (TPSA) is 48.1 Å². The van der Waals surface area contributed by atoms with Crippen molar-refractivity contribution in [3.63, 3.8) is 0 Å². The van der Waals surface area contributed by atoms with Gasteiger partial charge >= 0.3 is 6.03 Å². The third-order valence-corrected chi connectivity index (χ3v) is 6.57. The molecule has 0 spiro atoms. The fraction of sp³-hybridized carbons (Fsp3) is 0.480. The summed E-state index contributed by atoms with van der Waals surface area (Å²) in [6.07, 6.45) is 1.95. The average molecular weight is 457 g/mol. The second-order valence-corrected chi connectivity index (χ2v) is 9.18. The highest BCUT2D eigenvalue weighted by atomic mass is 35.5. The largest absolute Gasteiger partial charge is 0.378 e. The van der Waals surface area contributed by atoms with Gasteiger partial charge in [0.25, 0.3) is 0 Å². The summed E-state index contributed by atoms with van der Waals surface area (Å²) in [4.78, 5) is 19.2. The molecule has 2 heterocycles. The second kappa shape index (κ2) is 11.0. The van der Waals surface area contributed by atoms with Gasteiger partial charge in [0, 0.05) is 63.1 Å². The van der Waals surface area contributed by atoms with E-state index in [0.29, 0.717) is 6.54 Å². The first kappa shape index (κ1) is 22.9. The number of hydrogen-bond acceptors (Lipinski definition) is 4. The Labute approximate surface area is 196 Å². The molecule has 1 N–H and O–H groups in total. The van der Waals surface area contributed by atoms with E-state index in [-0.39, 0.29) is 12.1 Å². The molecule has 0 aromatic heterocycles. The van der Waals surface area contributed by atoms with Crippen molar-refractivity contribution in [1.82, 2.24) is 15.1 Å². The minimum atomic E-state index is -0.00147. The van der Waals surface area contributed by atoms with Gasteiger partial charge < -0.3 is 19.9 Å². The highest BCUT2D eigenvalue weighted by Crippen LogP contribution is 2.18. The quantitative estimate of drug-likeness (QED) is 0.714. The molecular formula is C25H33ClN4O2. The monoisotopic (exact) mass is 456 g/mol. The van der Waals surface area contributed by atoms with E-state index in [1.165, 1.54) is 11.3 Å². The number of likely N-dealkylation sites (tertiary alicyclic amines) is 1. The average Bonchev–Trinajstić information content (AvgIpc) is 2.83. The summed E-state index contributed by atoms with van der Waals surface area (Å²) in [5.74, 6) is 0. The van der Waals surface area contributed by atoms with Crippen LogP contribution >= 0.6 is 11.6 Å². The van der Waals surface area contributed by atoms with E-state index in [1.54, 1.807) is 4.90 Å². The van der Waals surface area contributed by atoms with E-state index < -0.39 is 0 Å². The van der Waals surface area contributed by atoms with Crippen LogP contribution in [0.5, 0.6) is 0 Å². The summed E-state index contributed by atoms with van der Waals surface area (Å²) < 4.78 is 5.42. The molecule has 2 aliphatic heterocycles. The molecule has 2 fully saturated rings. The van der Waals surface area contributed by atoms with Gasteiger partial charge in [-0.05, 0) is 48.2 Å². The predicted molar refractivity (Wildman–Crippen MR) is 129 cm³/mol. The van der Waals surface area contributed by atoms with Gasteiger partial charge in [0.05, 0.1) is 13.2 Å². The summed E-state index contributed by atoms with van der Waals surface area (Å²) in [7, 11) is 1.86. The Morgan fingerprint density at radius 3 is 2.28 bits per heavy atom. The number of carbonyl (C=O) groups is 1. The number of amides is 2. The van der Waals surface area contributed by atoms with Crippen molar-refractivity contribution < 1.29 is 9.53 Å². The molecule has 7 heteroatoms. The van der Waals surface area contributed by atoms with Crippen molar-refractivity contribution in [2.24, 2.45) is 0 Å². The maximum atomic E-state index is 12.7. The van der Waals surface area contributed by atoms with Gasteiger partial charge in [-0.25, -0.2) is 4.79 Å². The Bertz CT molecular complexity index is 861. The SMILES string of the molecule is CN(Cc1ccc(N2CCOCC2)cc1)C(=O)NC1CCN(Cc2ccc(Cl)cc2)CC1. The molecule has 0 aliphatic carbocycles. The molecule has 0 atom stereocenters. The molecule has 0 radical (unpaired) electrons. The molecule has 2 aromatic carbocycles. The van der Waals surface area contributed by atoms with Crippen molar-refractivity contribution in [3.8, 4) is 0 Å². The lowest BCUT2D eigenvalue weighted by atomic mass is 10.0. The number of urea groups is 1. The van der Waals surface area contributed by atoms with E-state index in [9.17, 15) is 4.79 Å². The number of hydrogen-bond donors (Lipinski definition) is 1. The molecule has 0 bridgehead atoms. The summed E-state index contributed by atoms with van der Waals surface area (Å²) >= 11 is 5.97. The third-order valence-electron chi connectivity index (χ3n) is 6.31. The van der Waals surface area contributed by atoms with Crippen LogP contribution in [0.25, 0.3) is 0 Å². The fourth-order valence-electron chi connectivity index (χ4n) is 4.35. The summed E-state index contributed by atoms with van der Waals surface area (Å²) in [6.45, 7) is 6.93. The Morgan fingerprint density at radius 2 is 1.62 bits per heavy atom. The molecule has 6 nitrogen and oxygen atoms in total. The maximum absolute atomic E-state index is 12.7. The Morgan fingerprint density at radius 1 is 1.00 bits per heavy atom. The van der Waals surface area contributed by atoms with Crippen molar-refractivity contribution in [1.29, 1.82) is 0 Å². The smallest absolute Gasteiger partial charge is 0.317 e. The number of nitrogens with one attached hydrogen (secondary N) is 1. The van der Waals surface area contributed by atoms with Crippen LogP contribution in [0.15, 0.2) is 48.5 Å². The van der Waals surface area contributed by atoms with Gasteiger partial charge in [0.2, 0.25) is 0 Å². The lowest BCUT2D eigenvalue weighted by Gasteiger charge is -2.33. The normalized spacial score (nSPS) is 17.9. The zero-order valence-corrected chi connectivity index (χ0v) is 19.6. The van der Waals surface area contributed by atoms with E-state index in [4.69, 9.17) is 16.3 Å². The van der Waals surface area contributed by atoms with Crippen LogP contribution in [0.1, 0.15) is 24.0 Å². The number of nitrogens with zero attached hydrogens (tertiary/aromatic N) is 3. The minimum absolute atomic E-state index is 0.00147. The zero-order valence-electron chi connectivity index (χ0n) is 18.8. The third kappa shape index (κ3) is 6.37. The highest BCUT2D eigenvalue weighted by molar-refractivity contribution is 6.30. The van der Waals surface area contributed by atoms with E-state index in [0.717, 1.165) is 69.4 Å². The van der Waals surface area contributed by atoms with Gasteiger partial charge in [0.1, 0.15) is 0 Å². The van der Waals surface area contributed by atoms with Gasteiger partial charge in [-0.15, -0.1) is 0 Å². The van der Waals surface area contributed by atoms with Crippen molar-refractivity contribution in [3.05, 3.63) is 64.7 Å². The molecule has 2 saturated heterocycles. The molecule has 2 aromatic rings. The summed E-state index contributed by atoms with van der Waals surface area (Å²) in [5.41, 5.74) is 3.63. The summed E-state index contributed by atoms with van der Waals surface area (Å²) in [6, 6.07) is 16.8. The van der Waals surface area contributed by atoms with Crippen LogP contribution in [0.2, 0.25) is 5.02 Å². The second-order valence-electron chi connectivity index (χ2n) is 8.75. The van der Waals surface area contributed by atoms with Crippen molar-refractivity contribution in [2.75, 3.05) is 51.3 Å². The molecule has 2 amide bonds. The zero-order chi connectivity index (χ0) is 22.3. The van der Waals surface area contributed by atoms with Crippen LogP contribution in [-0.2, 0) is 17.8 Å². The molecule has 0 saturated carbocycles. The number of morpholine rings is 1. The van der Waals surface area contributed by atoms with Crippen molar-refractivity contribution in [2.45, 2.75) is 32.0 Å². The maximum Gasteiger partial charge on any atom is 0.317 e. The lowest BCUT2D eigenvalue weighted by Crippen LogP contribution is -2.48. The van der Waals surface area contributed by atoms with Crippen LogP contribution in [0, 0.1) is 0 Å². The highest BCUT2D eigenvalue weighted by Gasteiger charge is 2.22. The van der Waals surface area contributed by atoms with Gasteiger partial charge in [-0.3, -0.25) is 4.90 Å². The molecule has 32 heavy (non-hydrogen) atoms. The number of rotatable bonds is 6. The molecule has 4 rings (SSSR count). The summed E-state index contributed by atoms with van der Waals surface area (Å²) in [5, 5.41) is 3.99. The standard InChI is InChI=1S/C25H33ClN4O2/c1-28(18-20-4-8-24(9-5-20)30-14-16-32-17-15-30)25(31)27-23-10-12-29(13-11-23)19-21-2-6-22(26)7-3-21/h2-9,23H,10-19H2,1H3,(H,27,31). The van der Waals surface area contributed by atoms with E-state index in [2.05, 4.69) is 51.5 Å². The van der Waals surface area contributed by atoms with Crippen LogP contribution in [0.3, 0.4) is 0 Å². The van der Waals surface area contributed by atoms with Gasteiger partial charge in [0.15, 0.2) is 0 Å². The first-order valence-electron chi connectivity index (χ1n) is 11.5. The molecular weight excluding hydrogens is 424 g/mol. The van der Waals surface area contributed by atoms with Gasteiger partial charge in [-0.2, -0.15) is 0 Å².